The van der Waals surface area contributed by atoms with Gasteiger partial charge < -0.3 is 15.3 Å². The van der Waals surface area contributed by atoms with E-state index in [0.29, 0.717) is 12.0 Å². The standard InChI is InChI=1S/C15H24N2O3/c1-2-9-17(10-14(18)19)15(20)13-8-7-11-5-3-4-6-12(11)16-13/h2,11-13,16H,1,3-10H2,(H,18,19). The monoisotopic (exact) mass is 280 g/mol. The molecular weight excluding hydrogens is 256 g/mol. The Balaban J connectivity index is 1.96. The predicted octanol–water partition coefficient (Wildman–Crippen LogP) is 1.40. The van der Waals surface area contributed by atoms with Crippen LogP contribution in [0.5, 0.6) is 0 Å². The number of rotatable bonds is 5. The SMILES string of the molecule is C=CCN(CC(=O)O)C(=O)C1CCC2CCCCC2N1. The molecule has 2 fully saturated rings. The Labute approximate surface area is 120 Å². The van der Waals surface area contributed by atoms with Gasteiger partial charge in [0.2, 0.25) is 5.91 Å². The molecule has 0 bridgehead atoms. The molecule has 112 valence electrons. The minimum atomic E-state index is -0.980. The molecule has 1 aliphatic heterocycles. The van der Waals surface area contributed by atoms with Gasteiger partial charge in [-0.15, -0.1) is 6.58 Å². The maximum Gasteiger partial charge on any atom is 0.323 e. The molecule has 5 heteroatoms. The van der Waals surface area contributed by atoms with Gasteiger partial charge in [-0.25, -0.2) is 0 Å². The van der Waals surface area contributed by atoms with Crippen LogP contribution in [0.4, 0.5) is 0 Å². The molecule has 2 N–H and O–H groups in total. The van der Waals surface area contributed by atoms with Gasteiger partial charge in [-0.2, -0.15) is 0 Å². The zero-order valence-electron chi connectivity index (χ0n) is 11.9. The highest BCUT2D eigenvalue weighted by atomic mass is 16.4. The highest BCUT2D eigenvalue weighted by molar-refractivity contribution is 5.85. The van der Waals surface area contributed by atoms with Crippen LogP contribution in [-0.2, 0) is 9.59 Å². The summed E-state index contributed by atoms with van der Waals surface area (Å²) in [7, 11) is 0. The number of hydrogen-bond acceptors (Lipinski definition) is 3. The Morgan fingerprint density at radius 3 is 2.70 bits per heavy atom. The van der Waals surface area contributed by atoms with E-state index in [4.69, 9.17) is 5.11 Å². The van der Waals surface area contributed by atoms with E-state index in [-0.39, 0.29) is 25.0 Å². The Morgan fingerprint density at radius 1 is 1.25 bits per heavy atom. The van der Waals surface area contributed by atoms with Crippen LogP contribution in [0.1, 0.15) is 38.5 Å². The summed E-state index contributed by atoms with van der Waals surface area (Å²) < 4.78 is 0. The fraction of sp³-hybridized carbons (Fsp3) is 0.733. The zero-order valence-corrected chi connectivity index (χ0v) is 11.9. The van der Waals surface area contributed by atoms with E-state index in [9.17, 15) is 9.59 Å². The Bertz CT molecular complexity index is 383. The van der Waals surface area contributed by atoms with Crippen LogP contribution in [0.2, 0.25) is 0 Å². The summed E-state index contributed by atoms with van der Waals surface area (Å²) in [6, 6.07) is 0.204. The van der Waals surface area contributed by atoms with Gasteiger partial charge >= 0.3 is 5.97 Å². The molecule has 20 heavy (non-hydrogen) atoms. The molecule has 2 aliphatic rings. The quantitative estimate of drug-likeness (QED) is 0.747. The molecule has 1 saturated carbocycles. The van der Waals surface area contributed by atoms with Gasteiger partial charge in [0.1, 0.15) is 6.54 Å². The van der Waals surface area contributed by atoms with E-state index in [0.717, 1.165) is 19.3 Å². The highest BCUT2D eigenvalue weighted by Gasteiger charge is 2.36. The summed E-state index contributed by atoms with van der Waals surface area (Å²) in [6.07, 6.45) is 8.37. The maximum atomic E-state index is 12.5. The lowest BCUT2D eigenvalue weighted by atomic mass is 9.77. The van der Waals surface area contributed by atoms with Gasteiger partial charge in [0, 0.05) is 12.6 Å². The molecular formula is C15H24N2O3. The average molecular weight is 280 g/mol. The molecule has 3 atom stereocenters. The zero-order chi connectivity index (χ0) is 14.5. The third-order valence-corrected chi connectivity index (χ3v) is 4.44. The van der Waals surface area contributed by atoms with Crippen molar-refractivity contribution in [3.05, 3.63) is 12.7 Å². The molecule has 3 unspecified atom stereocenters. The van der Waals surface area contributed by atoms with Gasteiger partial charge in [0.25, 0.3) is 0 Å². The number of carbonyl (C=O) groups is 2. The van der Waals surface area contributed by atoms with E-state index in [1.165, 1.54) is 24.2 Å². The first-order valence-corrected chi connectivity index (χ1v) is 7.49. The number of aliphatic carboxylic acids is 1. The number of nitrogens with one attached hydrogen (secondary N) is 1. The van der Waals surface area contributed by atoms with Crippen LogP contribution >= 0.6 is 0 Å². The van der Waals surface area contributed by atoms with Crippen molar-refractivity contribution in [3.8, 4) is 0 Å². The summed E-state index contributed by atoms with van der Waals surface area (Å²) in [5, 5.41) is 12.3. The fourth-order valence-electron chi connectivity index (χ4n) is 3.46. The minimum absolute atomic E-state index is 0.101. The molecule has 1 heterocycles. The fourth-order valence-corrected chi connectivity index (χ4v) is 3.46. The van der Waals surface area contributed by atoms with Crippen molar-refractivity contribution >= 4 is 11.9 Å². The van der Waals surface area contributed by atoms with Crippen molar-refractivity contribution in [1.82, 2.24) is 10.2 Å². The minimum Gasteiger partial charge on any atom is -0.480 e. The second kappa shape index (κ2) is 6.88. The van der Waals surface area contributed by atoms with Crippen molar-refractivity contribution in [2.75, 3.05) is 13.1 Å². The second-order valence-corrected chi connectivity index (χ2v) is 5.85. The van der Waals surface area contributed by atoms with Gasteiger partial charge in [-0.1, -0.05) is 18.9 Å². The normalized spacial score (nSPS) is 29.3. The van der Waals surface area contributed by atoms with E-state index < -0.39 is 5.97 Å². The molecule has 1 saturated heterocycles. The number of carbonyl (C=O) groups excluding carboxylic acids is 1. The molecule has 5 nitrogen and oxygen atoms in total. The number of carboxylic acids is 1. The number of amides is 1. The largest absolute Gasteiger partial charge is 0.480 e. The summed E-state index contributed by atoms with van der Waals surface area (Å²) in [4.78, 5) is 24.7. The van der Waals surface area contributed by atoms with Gasteiger partial charge in [-0.3, -0.25) is 9.59 Å². The van der Waals surface area contributed by atoms with Crippen molar-refractivity contribution < 1.29 is 14.7 Å². The van der Waals surface area contributed by atoms with Gasteiger partial charge in [-0.05, 0) is 31.6 Å². The molecule has 0 spiro atoms. The number of fused-ring (bicyclic) bond motifs is 1. The van der Waals surface area contributed by atoms with E-state index in [2.05, 4.69) is 11.9 Å². The van der Waals surface area contributed by atoms with Crippen LogP contribution in [0.3, 0.4) is 0 Å². The van der Waals surface area contributed by atoms with Crippen molar-refractivity contribution in [2.45, 2.75) is 50.6 Å². The molecule has 1 aliphatic carbocycles. The van der Waals surface area contributed by atoms with E-state index in [1.54, 1.807) is 6.08 Å². The molecule has 0 aromatic rings. The first kappa shape index (κ1) is 15.0. The molecule has 2 rings (SSSR count). The molecule has 0 radical (unpaired) electrons. The van der Waals surface area contributed by atoms with Crippen molar-refractivity contribution in [3.63, 3.8) is 0 Å². The Morgan fingerprint density at radius 2 is 2.00 bits per heavy atom. The van der Waals surface area contributed by atoms with Crippen LogP contribution in [0, 0.1) is 5.92 Å². The summed E-state index contributed by atoms with van der Waals surface area (Å²) in [5.74, 6) is -0.386. The topological polar surface area (TPSA) is 69.6 Å². The summed E-state index contributed by atoms with van der Waals surface area (Å²) in [6.45, 7) is 3.63. The van der Waals surface area contributed by atoms with Crippen molar-refractivity contribution in [1.29, 1.82) is 0 Å². The van der Waals surface area contributed by atoms with E-state index >= 15 is 0 Å². The number of nitrogens with zero attached hydrogens (tertiary/aromatic N) is 1. The average Bonchev–Trinajstić information content (AvgIpc) is 2.45. The van der Waals surface area contributed by atoms with E-state index in [1.807, 2.05) is 0 Å². The van der Waals surface area contributed by atoms with Crippen LogP contribution in [-0.4, -0.2) is 47.1 Å². The summed E-state index contributed by atoms with van der Waals surface area (Å²) >= 11 is 0. The third kappa shape index (κ3) is 3.60. The number of hydrogen-bond donors (Lipinski definition) is 2. The first-order chi connectivity index (χ1) is 9.61. The number of carboxylic acid groups (broad SMARTS) is 1. The maximum absolute atomic E-state index is 12.5. The molecule has 0 aromatic carbocycles. The first-order valence-electron chi connectivity index (χ1n) is 7.49. The van der Waals surface area contributed by atoms with Gasteiger partial charge in [0.05, 0.1) is 6.04 Å². The second-order valence-electron chi connectivity index (χ2n) is 5.85. The lowest BCUT2D eigenvalue weighted by Gasteiger charge is -2.41. The van der Waals surface area contributed by atoms with Crippen LogP contribution in [0.25, 0.3) is 0 Å². The highest BCUT2D eigenvalue weighted by Crippen LogP contribution is 2.32. The Kier molecular flexibility index (Phi) is 5.17. The molecule has 0 aromatic heterocycles. The third-order valence-electron chi connectivity index (χ3n) is 4.44. The van der Waals surface area contributed by atoms with Crippen LogP contribution in [0.15, 0.2) is 12.7 Å². The molecule has 1 amide bonds. The number of piperidine rings is 1. The Hall–Kier alpha value is -1.36. The van der Waals surface area contributed by atoms with Crippen LogP contribution < -0.4 is 5.32 Å². The lowest BCUT2D eigenvalue weighted by molar-refractivity contribution is -0.145. The predicted molar refractivity (Wildman–Crippen MR) is 76.3 cm³/mol. The lowest BCUT2D eigenvalue weighted by Crippen LogP contribution is -2.56. The van der Waals surface area contributed by atoms with Crippen molar-refractivity contribution in [2.24, 2.45) is 5.92 Å². The van der Waals surface area contributed by atoms with Gasteiger partial charge in [0.15, 0.2) is 0 Å². The summed E-state index contributed by atoms with van der Waals surface area (Å²) in [5.41, 5.74) is 0. The smallest absolute Gasteiger partial charge is 0.323 e.